The number of allylic oxidation sites excluding steroid dienone is 1. The highest BCUT2D eigenvalue weighted by Gasteiger charge is 2.21. The van der Waals surface area contributed by atoms with Gasteiger partial charge in [0.1, 0.15) is 5.75 Å². The van der Waals surface area contributed by atoms with Crippen molar-refractivity contribution in [1.82, 2.24) is 0 Å². The lowest BCUT2D eigenvalue weighted by molar-refractivity contribution is -0.137. The van der Waals surface area contributed by atoms with Gasteiger partial charge in [-0.3, -0.25) is 0 Å². The molecule has 32 heavy (non-hydrogen) atoms. The average Bonchev–Trinajstić information content (AvgIpc) is 2.82. The SMILES string of the molecule is C=CCCCCOC(=O)/C=C/c1ccc(OCC2CCC(CCCCCCC)CC2)cc1. The molecule has 178 valence electrons. The van der Waals surface area contributed by atoms with Gasteiger partial charge in [0.2, 0.25) is 0 Å². The van der Waals surface area contributed by atoms with Crippen LogP contribution in [0.3, 0.4) is 0 Å². The molecule has 0 aromatic heterocycles. The monoisotopic (exact) mass is 440 g/mol. The molecule has 0 amide bonds. The molecule has 0 aliphatic heterocycles. The summed E-state index contributed by atoms with van der Waals surface area (Å²) in [5.41, 5.74) is 0.973. The fraction of sp³-hybridized carbons (Fsp3) is 0.621. The van der Waals surface area contributed by atoms with E-state index in [1.165, 1.54) is 70.3 Å². The molecule has 0 radical (unpaired) electrons. The van der Waals surface area contributed by atoms with Crippen molar-refractivity contribution in [1.29, 1.82) is 0 Å². The molecule has 0 heterocycles. The van der Waals surface area contributed by atoms with E-state index < -0.39 is 0 Å². The van der Waals surface area contributed by atoms with Crippen LogP contribution in [0.15, 0.2) is 43.0 Å². The largest absolute Gasteiger partial charge is 0.493 e. The molecule has 1 aromatic rings. The van der Waals surface area contributed by atoms with E-state index in [1.54, 1.807) is 6.08 Å². The molecule has 0 saturated heterocycles. The van der Waals surface area contributed by atoms with Crippen LogP contribution in [0.2, 0.25) is 0 Å². The molecule has 0 unspecified atom stereocenters. The van der Waals surface area contributed by atoms with Gasteiger partial charge in [0, 0.05) is 6.08 Å². The third kappa shape index (κ3) is 11.5. The lowest BCUT2D eigenvalue weighted by Gasteiger charge is -2.28. The number of carbonyl (C=O) groups excluding carboxylic acids is 1. The summed E-state index contributed by atoms with van der Waals surface area (Å²) in [4.78, 5) is 11.8. The highest BCUT2D eigenvalue weighted by molar-refractivity contribution is 5.87. The van der Waals surface area contributed by atoms with Gasteiger partial charge in [-0.25, -0.2) is 4.79 Å². The molecular weight excluding hydrogens is 396 g/mol. The second-order valence-electron chi connectivity index (χ2n) is 9.25. The number of benzene rings is 1. The normalized spacial score (nSPS) is 18.5. The Balaban J connectivity index is 1.59. The van der Waals surface area contributed by atoms with Gasteiger partial charge in [0.05, 0.1) is 13.2 Å². The molecule has 3 nitrogen and oxygen atoms in total. The number of esters is 1. The number of rotatable bonds is 16. The first kappa shape index (κ1) is 26.2. The Morgan fingerprint density at radius 1 is 0.969 bits per heavy atom. The van der Waals surface area contributed by atoms with E-state index in [4.69, 9.17) is 9.47 Å². The fourth-order valence-electron chi connectivity index (χ4n) is 4.39. The maximum Gasteiger partial charge on any atom is 0.330 e. The lowest BCUT2D eigenvalue weighted by Crippen LogP contribution is -2.20. The molecule has 1 saturated carbocycles. The van der Waals surface area contributed by atoms with Crippen LogP contribution < -0.4 is 4.74 Å². The number of unbranched alkanes of at least 4 members (excludes halogenated alkanes) is 6. The van der Waals surface area contributed by atoms with Crippen LogP contribution in [-0.2, 0) is 9.53 Å². The van der Waals surface area contributed by atoms with Crippen molar-refractivity contribution in [2.75, 3.05) is 13.2 Å². The molecule has 2 rings (SSSR count). The number of ether oxygens (including phenoxy) is 2. The summed E-state index contributed by atoms with van der Waals surface area (Å²) in [5.74, 6) is 2.25. The predicted octanol–water partition coefficient (Wildman–Crippen LogP) is 8.15. The van der Waals surface area contributed by atoms with E-state index in [0.717, 1.165) is 43.1 Å². The smallest absolute Gasteiger partial charge is 0.330 e. The summed E-state index contributed by atoms with van der Waals surface area (Å²) < 4.78 is 11.2. The van der Waals surface area contributed by atoms with E-state index in [-0.39, 0.29) is 5.97 Å². The van der Waals surface area contributed by atoms with Crippen molar-refractivity contribution >= 4 is 12.0 Å². The zero-order valence-electron chi connectivity index (χ0n) is 20.2. The van der Waals surface area contributed by atoms with Crippen LogP contribution in [0.4, 0.5) is 0 Å². The summed E-state index contributed by atoms with van der Waals surface area (Å²) in [7, 11) is 0. The van der Waals surface area contributed by atoms with Gasteiger partial charge in [-0.05, 0) is 67.7 Å². The molecule has 1 aliphatic rings. The minimum absolute atomic E-state index is 0.291. The minimum Gasteiger partial charge on any atom is -0.493 e. The van der Waals surface area contributed by atoms with Crippen LogP contribution in [0.1, 0.15) is 96.0 Å². The van der Waals surface area contributed by atoms with Crippen molar-refractivity contribution in [3.8, 4) is 5.75 Å². The van der Waals surface area contributed by atoms with Crippen molar-refractivity contribution in [2.45, 2.75) is 90.4 Å². The topological polar surface area (TPSA) is 35.5 Å². The van der Waals surface area contributed by atoms with Gasteiger partial charge in [0.15, 0.2) is 0 Å². The van der Waals surface area contributed by atoms with Crippen molar-refractivity contribution in [3.63, 3.8) is 0 Å². The Hall–Kier alpha value is -2.03. The maximum absolute atomic E-state index is 11.8. The average molecular weight is 441 g/mol. The number of hydrogen-bond donors (Lipinski definition) is 0. The predicted molar refractivity (Wildman–Crippen MR) is 135 cm³/mol. The second-order valence-corrected chi connectivity index (χ2v) is 9.25. The molecule has 3 heteroatoms. The van der Waals surface area contributed by atoms with Gasteiger partial charge in [0.25, 0.3) is 0 Å². The Morgan fingerprint density at radius 2 is 1.69 bits per heavy atom. The first-order chi connectivity index (χ1) is 15.7. The molecule has 1 fully saturated rings. The molecular formula is C29H44O3. The van der Waals surface area contributed by atoms with Crippen molar-refractivity contribution in [3.05, 3.63) is 48.6 Å². The van der Waals surface area contributed by atoms with E-state index in [1.807, 2.05) is 30.3 Å². The van der Waals surface area contributed by atoms with Gasteiger partial charge < -0.3 is 9.47 Å². The summed E-state index contributed by atoms with van der Waals surface area (Å²) in [6.45, 7) is 7.25. The van der Waals surface area contributed by atoms with Crippen LogP contribution in [0.25, 0.3) is 6.08 Å². The van der Waals surface area contributed by atoms with Crippen LogP contribution in [-0.4, -0.2) is 19.2 Å². The van der Waals surface area contributed by atoms with E-state index in [2.05, 4.69) is 13.5 Å². The van der Waals surface area contributed by atoms with Crippen molar-refractivity contribution in [2.24, 2.45) is 11.8 Å². The molecule has 0 bridgehead atoms. The number of hydrogen-bond acceptors (Lipinski definition) is 3. The first-order valence-corrected chi connectivity index (χ1v) is 12.9. The third-order valence-corrected chi connectivity index (χ3v) is 6.51. The van der Waals surface area contributed by atoms with Gasteiger partial charge in [-0.1, -0.05) is 76.5 Å². The summed E-state index contributed by atoms with van der Waals surface area (Å²) >= 11 is 0. The Kier molecular flexibility index (Phi) is 13.6. The molecule has 1 aliphatic carbocycles. The van der Waals surface area contributed by atoms with Crippen LogP contribution >= 0.6 is 0 Å². The molecule has 0 spiro atoms. The van der Waals surface area contributed by atoms with Crippen molar-refractivity contribution < 1.29 is 14.3 Å². The van der Waals surface area contributed by atoms with E-state index in [0.29, 0.717) is 12.5 Å². The standard InChI is InChI=1S/C29H44O3/c1-3-5-7-9-10-12-25-13-15-27(16-14-25)24-32-28-20-17-26(18-21-28)19-22-29(30)31-23-11-8-6-4-2/h4,17-22,25,27H,2-3,5-16,23-24H2,1H3/b22-19+. The minimum atomic E-state index is -0.291. The zero-order valence-corrected chi connectivity index (χ0v) is 20.2. The quantitative estimate of drug-likeness (QED) is 0.113. The maximum atomic E-state index is 11.8. The summed E-state index contributed by atoms with van der Waals surface area (Å²) in [6.07, 6.45) is 21.7. The first-order valence-electron chi connectivity index (χ1n) is 12.9. The second kappa shape index (κ2) is 16.6. The molecule has 0 N–H and O–H groups in total. The summed E-state index contributed by atoms with van der Waals surface area (Å²) in [6, 6.07) is 7.95. The Bertz CT molecular complexity index is 653. The Morgan fingerprint density at radius 3 is 2.41 bits per heavy atom. The highest BCUT2D eigenvalue weighted by atomic mass is 16.5. The summed E-state index contributed by atoms with van der Waals surface area (Å²) in [5, 5.41) is 0. The Labute approximate surface area is 196 Å². The zero-order chi connectivity index (χ0) is 22.9. The van der Waals surface area contributed by atoms with Crippen LogP contribution in [0.5, 0.6) is 5.75 Å². The molecule has 1 aromatic carbocycles. The van der Waals surface area contributed by atoms with Crippen LogP contribution in [0, 0.1) is 11.8 Å². The number of carbonyl (C=O) groups is 1. The van der Waals surface area contributed by atoms with Gasteiger partial charge in [-0.2, -0.15) is 0 Å². The fourth-order valence-corrected chi connectivity index (χ4v) is 4.39. The van der Waals surface area contributed by atoms with E-state index in [9.17, 15) is 4.79 Å². The lowest BCUT2D eigenvalue weighted by atomic mass is 9.80. The third-order valence-electron chi connectivity index (χ3n) is 6.51. The van der Waals surface area contributed by atoms with Gasteiger partial charge >= 0.3 is 5.97 Å². The van der Waals surface area contributed by atoms with Gasteiger partial charge in [-0.15, -0.1) is 6.58 Å². The van der Waals surface area contributed by atoms with E-state index >= 15 is 0 Å². The molecule has 0 atom stereocenters. The highest BCUT2D eigenvalue weighted by Crippen LogP contribution is 2.32.